The van der Waals surface area contributed by atoms with Gasteiger partial charge in [0.1, 0.15) is 5.75 Å². The predicted molar refractivity (Wildman–Crippen MR) is 102 cm³/mol. The molecule has 0 radical (unpaired) electrons. The van der Waals surface area contributed by atoms with Crippen molar-refractivity contribution in [1.82, 2.24) is 0 Å². The van der Waals surface area contributed by atoms with E-state index in [2.05, 4.69) is 19.2 Å². The lowest BCUT2D eigenvalue weighted by Crippen LogP contribution is -2.32. The van der Waals surface area contributed by atoms with Gasteiger partial charge in [0.25, 0.3) is 11.6 Å². The Morgan fingerprint density at radius 3 is 2.35 bits per heavy atom. The lowest BCUT2D eigenvalue weighted by atomic mass is 9.98. The summed E-state index contributed by atoms with van der Waals surface area (Å²) in [5.41, 5.74) is 1.56. The molecule has 0 aliphatic carbocycles. The second kappa shape index (κ2) is 8.99. The highest BCUT2D eigenvalue weighted by Crippen LogP contribution is 2.29. The summed E-state index contributed by atoms with van der Waals surface area (Å²) in [6.07, 6.45) is 0.843. The Hall–Kier alpha value is -2.89. The fourth-order valence-electron chi connectivity index (χ4n) is 2.58. The van der Waals surface area contributed by atoms with E-state index in [0.29, 0.717) is 23.8 Å². The monoisotopic (exact) mass is 356 g/mol. The summed E-state index contributed by atoms with van der Waals surface area (Å²) < 4.78 is 5.99. The van der Waals surface area contributed by atoms with Crippen LogP contribution in [0.5, 0.6) is 5.75 Å². The minimum atomic E-state index is -0.643. The lowest BCUT2D eigenvalue weighted by Gasteiger charge is -2.21. The van der Waals surface area contributed by atoms with E-state index < -0.39 is 11.0 Å². The number of para-hydroxylation sites is 1. The number of amides is 1. The maximum atomic E-state index is 12.5. The van der Waals surface area contributed by atoms with Gasteiger partial charge in [-0.25, -0.2) is 0 Å². The Kier molecular flexibility index (Phi) is 6.72. The Morgan fingerprint density at radius 2 is 1.77 bits per heavy atom. The van der Waals surface area contributed by atoms with Crippen molar-refractivity contribution in [3.8, 4) is 5.75 Å². The van der Waals surface area contributed by atoms with Gasteiger partial charge in [-0.2, -0.15) is 0 Å². The minimum Gasteiger partial charge on any atom is -0.480 e. The second-order valence-corrected chi connectivity index (χ2v) is 6.16. The van der Waals surface area contributed by atoms with E-state index in [1.165, 1.54) is 24.3 Å². The summed E-state index contributed by atoms with van der Waals surface area (Å²) >= 11 is 0. The van der Waals surface area contributed by atoms with Crippen LogP contribution in [0.4, 0.5) is 11.4 Å². The first-order valence-electron chi connectivity index (χ1n) is 8.77. The topological polar surface area (TPSA) is 81.5 Å². The summed E-state index contributed by atoms with van der Waals surface area (Å²) in [6, 6.07) is 13.5. The van der Waals surface area contributed by atoms with E-state index in [0.717, 1.165) is 12.0 Å². The van der Waals surface area contributed by atoms with Gasteiger partial charge in [0.15, 0.2) is 6.10 Å². The molecule has 26 heavy (non-hydrogen) atoms. The first-order valence-corrected chi connectivity index (χ1v) is 8.77. The molecule has 1 amide bonds. The highest BCUT2D eigenvalue weighted by atomic mass is 16.6. The van der Waals surface area contributed by atoms with Gasteiger partial charge in [-0.15, -0.1) is 0 Å². The molecule has 0 aliphatic rings. The van der Waals surface area contributed by atoms with Crippen LogP contribution in [-0.2, 0) is 4.79 Å². The van der Waals surface area contributed by atoms with Gasteiger partial charge < -0.3 is 10.1 Å². The lowest BCUT2D eigenvalue weighted by molar-refractivity contribution is -0.384. The summed E-state index contributed by atoms with van der Waals surface area (Å²) in [4.78, 5) is 22.8. The van der Waals surface area contributed by atoms with Crippen molar-refractivity contribution >= 4 is 17.3 Å². The number of nitrogens with zero attached hydrogens (tertiary/aromatic N) is 1. The molecule has 0 bridgehead atoms. The van der Waals surface area contributed by atoms with E-state index in [1.807, 2.05) is 31.2 Å². The van der Waals surface area contributed by atoms with Gasteiger partial charge >= 0.3 is 0 Å². The minimum absolute atomic E-state index is 0.0197. The van der Waals surface area contributed by atoms with Gasteiger partial charge in [-0.05, 0) is 42.5 Å². The quantitative estimate of drug-likeness (QED) is 0.538. The van der Waals surface area contributed by atoms with Crippen LogP contribution in [0.15, 0.2) is 48.5 Å². The van der Waals surface area contributed by atoms with E-state index in [4.69, 9.17) is 4.74 Å². The molecule has 2 atom stereocenters. The number of rotatable bonds is 8. The van der Waals surface area contributed by atoms with Crippen molar-refractivity contribution in [3.05, 3.63) is 64.2 Å². The molecule has 1 N–H and O–H groups in total. The molecule has 0 aliphatic heterocycles. The molecule has 2 aromatic carbocycles. The number of ether oxygens (including phenoxy) is 1. The molecule has 0 saturated heterocycles. The standard InChI is InChI=1S/C20H24N2O4/c1-4-14(3)17-8-6-7-9-19(17)26-18(5-2)20(23)21-15-10-12-16(13-11-15)22(24)25/h6-14,18H,4-5H2,1-3H3,(H,21,23). The maximum absolute atomic E-state index is 12.5. The summed E-state index contributed by atoms with van der Waals surface area (Å²) in [5, 5.41) is 13.5. The molecule has 0 heterocycles. The third kappa shape index (κ3) is 4.81. The van der Waals surface area contributed by atoms with Crippen molar-refractivity contribution in [2.45, 2.75) is 45.6 Å². The highest BCUT2D eigenvalue weighted by molar-refractivity contribution is 5.94. The number of carbonyl (C=O) groups is 1. The normalized spacial score (nSPS) is 12.9. The third-order valence-electron chi connectivity index (χ3n) is 4.34. The smallest absolute Gasteiger partial charge is 0.269 e. The number of hydrogen-bond donors (Lipinski definition) is 1. The molecule has 138 valence electrons. The van der Waals surface area contributed by atoms with Crippen molar-refractivity contribution < 1.29 is 14.5 Å². The maximum Gasteiger partial charge on any atom is 0.269 e. The Balaban J connectivity index is 2.11. The number of carbonyl (C=O) groups excluding carboxylic acids is 1. The van der Waals surface area contributed by atoms with Crippen LogP contribution in [0.25, 0.3) is 0 Å². The number of nitro groups is 1. The molecule has 0 fully saturated rings. The van der Waals surface area contributed by atoms with E-state index in [1.54, 1.807) is 0 Å². The van der Waals surface area contributed by atoms with E-state index in [9.17, 15) is 14.9 Å². The molecule has 2 rings (SSSR count). The molecule has 0 saturated carbocycles. The van der Waals surface area contributed by atoms with Crippen LogP contribution in [0, 0.1) is 10.1 Å². The molecular weight excluding hydrogens is 332 g/mol. The summed E-state index contributed by atoms with van der Waals surface area (Å²) in [7, 11) is 0. The van der Waals surface area contributed by atoms with Crippen LogP contribution < -0.4 is 10.1 Å². The first-order chi connectivity index (χ1) is 12.5. The molecule has 6 nitrogen and oxygen atoms in total. The number of hydrogen-bond acceptors (Lipinski definition) is 4. The zero-order valence-corrected chi connectivity index (χ0v) is 15.3. The number of nitrogens with one attached hydrogen (secondary N) is 1. The SMILES string of the molecule is CCC(Oc1ccccc1C(C)CC)C(=O)Nc1ccc([N+](=O)[O-])cc1. The van der Waals surface area contributed by atoms with Gasteiger partial charge in [0.05, 0.1) is 4.92 Å². The van der Waals surface area contributed by atoms with Crippen LogP contribution in [-0.4, -0.2) is 16.9 Å². The number of benzene rings is 2. The second-order valence-electron chi connectivity index (χ2n) is 6.16. The number of anilines is 1. The Labute approximate surface area is 153 Å². The fourth-order valence-corrected chi connectivity index (χ4v) is 2.58. The van der Waals surface area contributed by atoms with Gasteiger partial charge in [0.2, 0.25) is 0 Å². The first kappa shape index (κ1) is 19.4. The van der Waals surface area contributed by atoms with Crippen molar-refractivity contribution in [2.24, 2.45) is 0 Å². The van der Waals surface area contributed by atoms with Gasteiger partial charge in [-0.1, -0.05) is 39.0 Å². The Morgan fingerprint density at radius 1 is 1.12 bits per heavy atom. The fraction of sp³-hybridized carbons (Fsp3) is 0.350. The Bertz CT molecular complexity index is 759. The average molecular weight is 356 g/mol. The molecule has 0 spiro atoms. The third-order valence-corrected chi connectivity index (χ3v) is 4.34. The zero-order valence-electron chi connectivity index (χ0n) is 15.3. The van der Waals surface area contributed by atoms with Crippen molar-refractivity contribution in [3.63, 3.8) is 0 Å². The van der Waals surface area contributed by atoms with E-state index in [-0.39, 0.29) is 11.6 Å². The van der Waals surface area contributed by atoms with Gasteiger partial charge in [-0.3, -0.25) is 14.9 Å². The predicted octanol–water partition coefficient (Wildman–Crippen LogP) is 4.90. The summed E-state index contributed by atoms with van der Waals surface area (Å²) in [6.45, 7) is 6.12. The summed E-state index contributed by atoms with van der Waals surface area (Å²) in [5.74, 6) is 0.772. The van der Waals surface area contributed by atoms with Crippen molar-refractivity contribution in [2.75, 3.05) is 5.32 Å². The van der Waals surface area contributed by atoms with Crippen molar-refractivity contribution in [1.29, 1.82) is 0 Å². The number of nitro benzene ring substituents is 1. The molecule has 0 aromatic heterocycles. The van der Waals surface area contributed by atoms with Crippen LogP contribution >= 0.6 is 0 Å². The molecule has 6 heteroatoms. The van der Waals surface area contributed by atoms with Crippen LogP contribution in [0.3, 0.4) is 0 Å². The van der Waals surface area contributed by atoms with E-state index >= 15 is 0 Å². The number of non-ortho nitro benzene ring substituents is 1. The molecule has 2 unspecified atom stereocenters. The van der Waals surface area contributed by atoms with Gasteiger partial charge in [0, 0.05) is 17.8 Å². The zero-order chi connectivity index (χ0) is 19.1. The largest absolute Gasteiger partial charge is 0.480 e. The average Bonchev–Trinajstić information content (AvgIpc) is 2.66. The highest BCUT2D eigenvalue weighted by Gasteiger charge is 2.21. The van der Waals surface area contributed by atoms with Crippen LogP contribution in [0.2, 0.25) is 0 Å². The van der Waals surface area contributed by atoms with Crippen LogP contribution in [0.1, 0.15) is 45.1 Å². The molecule has 2 aromatic rings. The molecular formula is C20H24N2O4.